The number of thioether (sulfide) groups is 1. The van der Waals surface area contributed by atoms with E-state index in [1.165, 1.54) is 0 Å². The van der Waals surface area contributed by atoms with E-state index in [4.69, 9.17) is 0 Å². The molecular formula is C10H19N3O2S. The second-order valence-corrected chi connectivity index (χ2v) is 5.48. The van der Waals surface area contributed by atoms with Crippen LogP contribution in [0, 0.1) is 5.41 Å². The number of amides is 2. The lowest BCUT2D eigenvalue weighted by molar-refractivity contribution is -0.129. The third-order valence-corrected chi connectivity index (χ3v) is 3.52. The fraction of sp³-hybridized carbons (Fsp3) is 0.800. The molecule has 1 aliphatic rings. The molecule has 1 saturated heterocycles. The first-order valence-electron chi connectivity index (χ1n) is 5.28. The Balaban J connectivity index is 2.38. The van der Waals surface area contributed by atoms with E-state index in [2.05, 4.69) is 16.0 Å². The fourth-order valence-electron chi connectivity index (χ4n) is 1.41. The van der Waals surface area contributed by atoms with E-state index < -0.39 is 5.41 Å². The summed E-state index contributed by atoms with van der Waals surface area (Å²) in [6, 6.07) is -0.120. The Morgan fingerprint density at radius 1 is 1.50 bits per heavy atom. The molecule has 0 aliphatic carbocycles. The number of nitrogens with one attached hydrogen (secondary N) is 3. The van der Waals surface area contributed by atoms with Crippen molar-refractivity contribution in [3.8, 4) is 0 Å². The molecule has 16 heavy (non-hydrogen) atoms. The van der Waals surface area contributed by atoms with Crippen molar-refractivity contribution in [2.45, 2.75) is 19.9 Å². The maximum Gasteiger partial charge on any atom is 0.238 e. The molecule has 0 radical (unpaired) electrons. The highest BCUT2D eigenvalue weighted by atomic mass is 32.2. The van der Waals surface area contributed by atoms with E-state index in [0.29, 0.717) is 6.54 Å². The topological polar surface area (TPSA) is 70.2 Å². The average Bonchev–Trinajstić information content (AvgIpc) is 2.78. The van der Waals surface area contributed by atoms with E-state index in [9.17, 15) is 9.59 Å². The molecule has 3 N–H and O–H groups in total. The van der Waals surface area contributed by atoms with Crippen molar-refractivity contribution in [1.82, 2.24) is 16.0 Å². The van der Waals surface area contributed by atoms with Crippen molar-refractivity contribution >= 4 is 23.6 Å². The molecule has 0 spiro atoms. The van der Waals surface area contributed by atoms with E-state index in [1.54, 1.807) is 18.8 Å². The van der Waals surface area contributed by atoms with Gasteiger partial charge < -0.3 is 10.6 Å². The van der Waals surface area contributed by atoms with Crippen LogP contribution in [-0.2, 0) is 9.59 Å². The molecule has 6 heteroatoms. The Morgan fingerprint density at radius 3 is 2.69 bits per heavy atom. The van der Waals surface area contributed by atoms with Crippen LogP contribution in [0.15, 0.2) is 0 Å². The number of carbonyl (C=O) groups excluding carboxylic acids is 2. The van der Waals surface area contributed by atoms with Gasteiger partial charge in [-0.3, -0.25) is 14.9 Å². The van der Waals surface area contributed by atoms with Gasteiger partial charge in [0.1, 0.15) is 0 Å². The monoisotopic (exact) mass is 245 g/mol. The van der Waals surface area contributed by atoms with Crippen molar-refractivity contribution < 1.29 is 9.59 Å². The van der Waals surface area contributed by atoms with Crippen LogP contribution in [0.1, 0.15) is 13.8 Å². The summed E-state index contributed by atoms with van der Waals surface area (Å²) in [5, 5.41) is 8.48. The highest BCUT2D eigenvalue weighted by Gasteiger charge is 2.29. The standard InChI is InChI=1S/C10H19N3O2S/c1-10(2,9(15)11-3)5-12-8(14)7-4-16-6-13-7/h7,13H,4-6H2,1-3H3,(H,11,15)(H,12,14). The molecule has 92 valence electrons. The minimum absolute atomic E-state index is 0.0259. The normalized spacial score (nSPS) is 20.6. The van der Waals surface area contributed by atoms with Gasteiger partial charge in [0, 0.05) is 25.2 Å². The van der Waals surface area contributed by atoms with E-state index in [-0.39, 0.29) is 17.9 Å². The zero-order chi connectivity index (χ0) is 12.2. The predicted octanol–water partition coefficient (Wildman–Crippen LogP) is -0.463. The maximum absolute atomic E-state index is 11.7. The van der Waals surface area contributed by atoms with Crippen LogP contribution in [0.2, 0.25) is 0 Å². The summed E-state index contributed by atoms with van der Waals surface area (Å²) in [6.07, 6.45) is 0. The first kappa shape index (κ1) is 13.3. The molecule has 0 bridgehead atoms. The number of rotatable bonds is 4. The van der Waals surface area contributed by atoms with Gasteiger partial charge in [-0.05, 0) is 13.8 Å². The van der Waals surface area contributed by atoms with Crippen LogP contribution in [0.25, 0.3) is 0 Å². The van der Waals surface area contributed by atoms with Gasteiger partial charge in [0.15, 0.2) is 0 Å². The molecule has 0 aromatic rings. The summed E-state index contributed by atoms with van der Waals surface area (Å²) in [7, 11) is 1.60. The van der Waals surface area contributed by atoms with Gasteiger partial charge in [0.2, 0.25) is 11.8 Å². The van der Waals surface area contributed by atoms with E-state index in [0.717, 1.165) is 11.6 Å². The molecule has 0 aromatic heterocycles. The number of hydrogen-bond acceptors (Lipinski definition) is 4. The second kappa shape index (κ2) is 5.54. The third-order valence-electron chi connectivity index (χ3n) is 2.58. The number of hydrogen-bond donors (Lipinski definition) is 3. The molecule has 1 unspecified atom stereocenters. The molecular weight excluding hydrogens is 226 g/mol. The average molecular weight is 245 g/mol. The largest absolute Gasteiger partial charge is 0.359 e. The molecule has 0 saturated carbocycles. The van der Waals surface area contributed by atoms with Crippen LogP contribution >= 0.6 is 11.8 Å². The van der Waals surface area contributed by atoms with Crippen LogP contribution in [0.5, 0.6) is 0 Å². The minimum Gasteiger partial charge on any atom is -0.359 e. The molecule has 2 amide bonds. The molecule has 1 atom stereocenters. The fourth-order valence-corrected chi connectivity index (χ4v) is 2.36. The summed E-state index contributed by atoms with van der Waals surface area (Å²) in [5.74, 6) is 1.52. The lowest BCUT2D eigenvalue weighted by Crippen LogP contribution is -2.48. The Hall–Kier alpha value is -0.750. The van der Waals surface area contributed by atoms with Crippen LogP contribution in [0.4, 0.5) is 0 Å². The summed E-state index contributed by atoms with van der Waals surface area (Å²) >= 11 is 1.70. The molecule has 1 aliphatic heterocycles. The van der Waals surface area contributed by atoms with Gasteiger partial charge in [-0.15, -0.1) is 11.8 Å². The highest BCUT2D eigenvalue weighted by Crippen LogP contribution is 2.14. The van der Waals surface area contributed by atoms with Gasteiger partial charge in [0.05, 0.1) is 11.5 Å². The van der Waals surface area contributed by atoms with Gasteiger partial charge in [-0.25, -0.2) is 0 Å². The first-order chi connectivity index (χ1) is 7.47. The third kappa shape index (κ3) is 3.38. The van der Waals surface area contributed by atoms with E-state index >= 15 is 0 Å². The molecule has 1 rings (SSSR count). The Bertz CT molecular complexity index is 275. The number of carbonyl (C=O) groups is 2. The van der Waals surface area contributed by atoms with Crippen LogP contribution in [0.3, 0.4) is 0 Å². The Kier molecular flexibility index (Phi) is 4.61. The van der Waals surface area contributed by atoms with Crippen LogP contribution in [-0.4, -0.2) is 43.1 Å². The van der Waals surface area contributed by atoms with Gasteiger partial charge in [-0.2, -0.15) is 0 Å². The van der Waals surface area contributed by atoms with Gasteiger partial charge in [0.25, 0.3) is 0 Å². The summed E-state index contributed by atoms with van der Waals surface area (Å²) in [5.41, 5.74) is -0.573. The van der Waals surface area contributed by atoms with Crippen LogP contribution < -0.4 is 16.0 Å². The lowest BCUT2D eigenvalue weighted by Gasteiger charge is -2.23. The first-order valence-corrected chi connectivity index (χ1v) is 6.44. The Morgan fingerprint density at radius 2 is 2.19 bits per heavy atom. The molecule has 5 nitrogen and oxygen atoms in total. The molecule has 1 fully saturated rings. The second-order valence-electron chi connectivity index (χ2n) is 4.45. The van der Waals surface area contributed by atoms with Crippen molar-refractivity contribution in [3.63, 3.8) is 0 Å². The zero-order valence-corrected chi connectivity index (χ0v) is 10.7. The van der Waals surface area contributed by atoms with Crippen molar-refractivity contribution in [3.05, 3.63) is 0 Å². The smallest absolute Gasteiger partial charge is 0.238 e. The minimum atomic E-state index is -0.573. The van der Waals surface area contributed by atoms with E-state index in [1.807, 2.05) is 13.8 Å². The SMILES string of the molecule is CNC(=O)C(C)(C)CNC(=O)C1CSCN1. The van der Waals surface area contributed by atoms with Gasteiger partial charge in [-0.1, -0.05) is 0 Å². The Labute approximate surface area is 100 Å². The highest BCUT2D eigenvalue weighted by molar-refractivity contribution is 7.99. The quantitative estimate of drug-likeness (QED) is 0.627. The summed E-state index contributed by atoms with van der Waals surface area (Å²) in [4.78, 5) is 23.2. The zero-order valence-electron chi connectivity index (χ0n) is 9.92. The summed E-state index contributed by atoms with van der Waals surface area (Å²) in [6.45, 7) is 3.97. The van der Waals surface area contributed by atoms with Crippen molar-refractivity contribution in [2.24, 2.45) is 5.41 Å². The van der Waals surface area contributed by atoms with Crippen molar-refractivity contribution in [2.75, 3.05) is 25.2 Å². The molecule has 1 heterocycles. The molecule has 0 aromatic carbocycles. The predicted molar refractivity (Wildman–Crippen MR) is 65.1 cm³/mol. The van der Waals surface area contributed by atoms with Crippen molar-refractivity contribution in [1.29, 1.82) is 0 Å². The van der Waals surface area contributed by atoms with Gasteiger partial charge >= 0.3 is 0 Å². The summed E-state index contributed by atoms with van der Waals surface area (Å²) < 4.78 is 0. The lowest BCUT2D eigenvalue weighted by atomic mass is 9.92. The maximum atomic E-state index is 11.7.